The molecule has 0 aliphatic rings. The summed E-state index contributed by atoms with van der Waals surface area (Å²) in [6.45, 7) is -0.692. The Morgan fingerprint density at radius 3 is 2.36 bits per heavy atom. The standard InChI is InChI=1S/C18H15ClN2O4/c19-13-7-5-12(6-8-13)16(23)11-21-15-4-2-1-3-14(15)17(24)20(9-10-22)18(21)25/h1-8,22H,9-11H2. The van der Waals surface area contributed by atoms with E-state index >= 15 is 0 Å². The van der Waals surface area contributed by atoms with Crippen molar-refractivity contribution in [1.82, 2.24) is 9.13 Å². The normalized spacial score (nSPS) is 11.0. The Morgan fingerprint density at radius 2 is 1.68 bits per heavy atom. The number of nitrogens with zero attached hydrogens (tertiary/aromatic N) is 2. The predicted octanol–water partition coefficient (Wildman–Crippen LogP) is 1.69. The molecule has 25 heavy (non-hydrogen) atoms. The van der Waals surface area contributed by atoms with E-state index in [1.807, 2.05) is 0 Å². The molecular formula is C18H15ClN2O4. The number of rotatable bonds is 5. The second-order valence-electron chi connectivity index (χ2n) is 5.50. The predicted molar refractivity (Wildman–Crippen MR) is 95.3 cm³/mol. The molecule has 2 aromatic carbocycles. The van der Waals surface area contributed by atoms with E-state index in [1.165, 1.54) is 4.57 Å². The van der Waals surface area contributed by atoms with Crippen molar-refractivity contribution >= 4 is 28.3 Å². The van der Waals surface area contributed by atoms with Gasteiger partial charge in [-0.1, -0.05) is 23.7 Å². The van der Waals surface area contributed by atoms with Crippen molar-refractivity contribution in [2.75, 3.05) is 6.61 Å². The number of para-hydroxylation sites is 1. The van der Waals surface area contributed by atoms with Crippen molar-refractivity contribution < 1.29 is 9.90 Å². The molecule has 0 bridgehead atoms. The average molecular weight is 359 g/mol. The maximum Gasteiger partial charge on any atom is 0.331 e. The monoisotopic (exact) mass is 358 g/mol. The lowest BCUT2D eigenvalue weighted by Crippen LogP contribution is -2.41. The summed E-state index contributed by atoms with van der Waals surface area (Å²) in [5.41, 5.74) is -0.306. The molecule has 6 nitrogen and oxygen atoms in total. The Balaban J connectivity index is 2.15. The van der Waals surface area contributed by atoms with E-state index in [-0.39, 0.29) is 25.5 Å². The molecule has 0 spiro atoms. The number of benzene rings is 2. The van der Waals surface area contributed by atoms with Crippen molar-refractivity contribution in [2.45, 2.75) is 13.1 Å². The van der Waals surface area contributed by atoms with Crippen LogP contribution >= 0.6 is 11.6 Å². The van der Waals surface area contributed by atoms with Crippen molar-refractivity contribution in [3.63, 3.8) is 0 Å². The molecule has 0 amide bonds. The van der Waals surface area contributed by atoms with Gasteiger partial charge in [-0.2, -0.15) is 0 Å². The van der Waals surface area contributed by atoms with E-state index in [0.29, 0.717) is 21.5 Å². The summed E-state index contributed by atoms with van der Waals surface area (Å²) in [4.78, 5) is 37.6. The van der Waals surface area contributed by atoms with Crippen LogP contribution < -0.4 is 11.2 Å². The lowest BCUT2D eigenvalue weighted by Gasteiger charge is -2.13. The van der Waals surface area contributed by atoms with Crippen LogP contribution in [0.25, 0.3) is 10.9 Å². The fourth-order valence-corrected chi connectivity index (χ4v) is 2.82. The van der Waals surface area contributed by atoms with E-state index in [9.17, 15) is 14.4 Å². The van der Waals surface area contributed by atoms with Gasteiger partial charge in [-0.3, -0.25) is 18.7 Å². The quantitative estimate of drug-likeness (QED) is 0.704. The molecule has 3 rings (SSSR count). The number of ketones is 1. The molecule has 0 saturated heterocycles. The van der Waals surface area contributed by atoms with Gasteiger partial charge >= 0.3 is 5.69 Å². The first-order chi connectivity index (χ1) is 12.0. The van der Waals surface area contributed by atoms with E-state index in [4.69, 9.17) is 16.7 Å². The van der Waals surface area contributed by atoms with Crippen LogP contribution in [0.2, 0.25) is 5.02 Å². The number of aromatic nitrogens is 2. The van der Waals surface area contributed by atoms with Gasteiger partial charge in [0.2, 0.25) is 0 Å². The molecule has 0 aliphatic carbocycles. The number of fused-ring (bicyclic) bond motifs is 1. The highest BCUT2D eigenvalue weighted by molar-refractivity contribution is 6.30. The number of carbonyl (C=O) groups is 1. The lowest BCUT2D eigenvalue weighted by atomic mass is 10.1. The minimum absolute atomic E-state index is 0.127. The minimum atomic E-state index is -0.625. The highest BCUT2D eigenvalue weighted by Crippen LogP contribution is 2.12. The van der Waals surface area contributed by atoms with Crippen LogP contribution in [0.4, 0.5) is 0 Å². The number of aliphatic hydroxyl groups excluding tert-OH is 1. The minimum Gasteiger partial charge on any atom is -0.395 e. The van der Waals surface area contributed by atoms with Gasteiger partial charge in [-0.05, 0) is 36.4 Å². The topological polar surface area (TPSA) is 81.3 Å². The maximum absolute atomic E-state index is 12.7. The molecule has 0 unspecified atom stereocenters. The van der Waals surface area contributed by atoms with Crippen LogP contribution in [0.5, 0.6) is 0 Å². The molecule has 0 atom stereocenters. The first-order valence-corrected chi connectivity index (χ1v) is 8.02. The van der Waals surface area contributed by atoms with Crippen LogP contribution in [0.1, 0.15) is 10.4 Å². The maximum atomic E-state index is 12.7. The van der Waals surface area contributed by atoms with Crippen molar-refractivity contribution in [3.8, 4) is 0 Å². The summed E-state index contributed by atoms with van der Waals surface area (Å²) in [7, 11) is 0. The largest absolute Gasteiger partial charge is 0.395 e. The molecule has 0 fully saturated rings. The molecule has 1 aromatic heterocycles. The van der Waals surface area contributed by atoms with Crippen LogP contribution in [-0.2, 0) is 13.1 Å². The molecule has 1 heterocycles. The lowest BCUT2D eigenvalue weighted by molar-refractivity contribution is 0.0971. The number of hydrogen-bond acceptors (Lipinski definition) is 4. The van der Waals surface area contributed by atoms with Crippen LogP contribution in [0.3, 0.4) is 0 Å². The first-order valence-electron chi connectivity index (χ1n) is 7.65. The zero-order valence-electron chi connectivity index (χ0n) is 13.2. The van der Waals surface area contributed by atoms with E-state index < -0.39 is 11.2 Å². The third kappa shape index (κ3) is 3.26. The second-order valence-corrected chi connectivity index (χ2v) is 5.93. The number of carbonyl (C=O) groups excluding carboxylic acids is 1. The van der Waals surface area contributed by atoms with Gasteiger partial charge in [0, 0.05) is 10.6 Å². The zero-order valence-corrected chi connectivity index (χ0v) is 13.9. The SMILES string of the molecule is O=C(Cn1c(=O)n(CCO)c(=O)c2ccccc21)c1ccc(Cl)cc1. The van der Waals surface area contributed by atoms with Crippen LogP contribution in [-0.4, -0.2) is 26.6 Å². The van der Waals surface area contributed by atoms with E-state index in [0.717, 1.165) is 4.57 Å². The third-order valence-corrected chi connectivity index (χ3v) is 4.18. The van der Waals surface area contributed by atoms with Crippen molar-refractivity contribution in [1.29, 1.82) is 0 Å². The van der Waals surface area contributed by atoms with Crippen LogP contribution in [0, 0.1) is 0 Å². The van der Waals surface area contributed by atoms with Gasteiger partial charge in [-0.25, -0.2) is 4.79 Å². The summed E-state index contributed by atoms with van der Waals surface area (Å²) in [6, 6.07) is 13.0. The summed E-state index contributed by atoms with van der Waals surface area (Å²) in [5.74, 6) is -0.280. The fourth-order valence-electron chi connectivity index (χ4n) is 2.69. The number of aliphatic hydroxyl groups is 1. The fraction of sp³-hybridized carbons (Fsp3) is 0.167. The van der Waals surface area contributed by atoms with Gasteiger partial charge in [0.1, 0.15) is 0 Å². The Hall–Kier alpha value is -2.70. The highest BCUT2D eigenvalue weighted by Gasteiger charge is 2.15. The van der Waals surface area contributed by atoms with E-state index in [1.54, 1.807) is 48.5 Å². The Labute approximate surface area is 147 Å². The summed E-state index contributed by atoms with van der Waals surface area (Å²) in [6.07, 6.45) is 0. The molecule has 0 aliphatic heterocycles. The van der Waals surface area contributed by atoms with Gasteiger partial charge in [0.05, 0.1) is 30.6 Å². The Kier molecular flexibility index (Phi) is 4.83. The average Bonchev–Trinajstić information content (AvgIpc) is 2.62. The highest BCUT2D eigenvalue weighted by atomic mass is 35.5. The van der Waals surface area contributed by atoms with Gasteiger partial charge in [0.15, 0.2) is 5.78 Å². The smallest absolute Gasteiger partial charge is 0.331 e. The first kappa shape index (κ1) is 17.1. The van der Waals surface area contributed by atoms with Crippen molar-refractivity contribution in [3.05, 3.63) is 80.0 Å². The van der Waals surface area contributed by atoms with Crippen LogP contribution in [0.15, 0.2) is 58.1 Å². The second kappa shape index (κ2) is 7.04. The number of Topliss-reactive ketones (excluding diaryl/α,β-unsaturated/α-hetero) is 1. The van der Waals surface area contributed by atoms with E-state index in [2.05, 4.69) is 0 Å². The molecule has 1 N–H and O–H groups in total. The molecule has 7 heteroatoms. The summed E-state index contributed by atoms with van der Waals surface area (Å²) in [5, 5.41) is 9.96. The third-order valence-electron chi connectivity index (χ3n) is 3.92. The molecule has 0 saturated carbocycles. The zero-order chi connectivity index (χ0) is 18.0. The number of hydrogen-bond donors (Lipinski definition) is 1. The van der Waals surface area contributed by atoms with Gasteiger partial charge in [0.25, 0.3) is 5.56 Å². The molecule has 3 aromatic rings. The Bertz CT molecular complexity index is 1050. The van der Waals surface area contributed by atoms with Gasteiger partial charge in [-0.15, -0.1) is 0 Å². The van der Waals surface area contributed by atoms with Crippen molar-refractivity contribution in [2.24, 2.45) is 0 Å². The Morgan fingerprint density at radius 1 is 1.00 bits per heavy atom. The number of halogens is 1. The molecular weight excluding hydrogens is 344 g/mol. The molecule has 0 radical (unpaired) electrons. The van der Waals surface area contributed by atoms with Gasteiger partial charge < -0.3 is 5.11 Å². The summed E-state index contributed by atoms with van der Waals surface area (Å²) < 4.78 is 2.20. The molecule has 128 valence electrons. The summed E-state index contributed by atoms with van der Waals surface area (Å²) >= 11 is 5.82.